The summed E-state index contributed by atoms with van der Waals surface area (Å²) in [7, 11) is 0. The molecule has 0 unspecified atom stereocenters. The largest absolute Gasteiger partial charge is 0.422 e. The molecule has 0 atom stereocenters. The third-order valence-electron chi connectivity index (χ3n) is 3.94. The van der Waals surface area contributed by atoms with E-state index >= 15 is 0 Å². The fourth-order valence-electron chi connectivity index (χ4n) is 2.86. The van der Waals surface area contributed by atoms with E-state index in [2.05, 4.69) is 25.1 Å². The van der Waals surface area contributed by atoms with Crippen LogP contribution in [0.15, 0.2) is 72.8 Å². The number of carbonyl (C=O) groups is 1. The van der Waals surface area contributed by atoms with E-state index in [0.717, 1.165) is 23.1 Å². The molecule has 0 saturated heterocycles. The van der Waals surface area contributed by atoms with Gasteiger partial charge < -0.3 is 4.74 Å². The molecule has 3 rings (SSSR count). The average Bonchev–Trinajstić information content (AvgIpc) is 2.59. The molecule has 0 spiro atoms. The normalized spacial score (nSPS) is 10.4. The van der Waals surface area contributed by atoms with Crippen molar-refractivity contribution in [2.24, 2.45) is 0 Å². The molecule has 3 aromatic rings. The summed E-state index contributed by atoms with van der Waals surface area (Å²) in [5, 5.41) is 0. The van der Waals surface area contributed by atoms with Crippen LogP contribution in [-0.2, 0) is 6.42 Å². The first kappa shape index (κ1) is 16.0. The molecule has 0 aliphatic carbocycles. The third kappa shape index (κ3) is 3.72. The topological polar surface area (TPSA) is 26.3 Å². The molecule has 0 saturated carbocycles. The molecule has 0 amide bonds. The highest BCUT2D eigenvalue weighted by molar-refractivity contribution is 5.91. The maximum Gasteiger partial charge on any atom is 0.343 e. The van der Waals surface area contributed by atoms with Crippen LogP contribution in [0.4, 0.5) is 0 Å². The Morgan fingerprint density at radius 2 is 1.50 bits per heavy atom. The van der Waals surface area contributed by atoms with E-state index in [1.54, 1.807) is 12.1 Å². The molecule has 24 heavy (non-hydrogen) atoms. The van der Waals surface area contributed by atoms with Gasteiger partial charge in [-0.1, -0.05) is 66.2 Å². The van der Waals surface area contributed by atoms with Gasteiger partial charge in [-0.2, -0.15) is 0 Å². The van der Waals surface area contributed by atoms with Gasteiger partial charge in [0.2, 0.25) is 0 Å². The maximum atomic E-state index is 12.4. The molecule has 0 aromatic heterocycles. The van der Waals surface area contributed by atoms with Crippen molar-refractivity contribution < 1.29 is 9.53 Å². The minimum Gasteiger partial charge on any atom is -0.422 e. The van der Waals surface area contributed by atoms with Gasteiger partial charge in [-0.25, -0.2) is 4.79 Å². The van der Waals surface area contributed by atoms with Gasteiger partial charge in [0, 0.05) is 6.42 Å². The van der Waals surface area contributed by atoms with Crippen molar-refractivity contribution in [1.29, 1.82) is 0 Å². The molecule has 0 aliphatic rings. The van der Waals surface area contributed by atoms with Crippen LogP contribution in [0.5, 0.6) is 5.75 Å². The summed E-state index contributed by atoms with van der Waals surface area (Å²) in [4.78, 5) is 12.4. The van der Waals surface area contributed by atoms with Crippen LogP contribution < -0.4 is 4.74 Å². The molecular formula is C22H20O2. The fraction of sp³-hybridized carbons (Fsp3) is 0.136. The van der Waals surface area contributed by atoms with Crippen molar-refractivity contribution in [3.8, 4) is 5.75 Å². The second kappa shape index (κ2) is 7.14. The van der Waals surface area contributed by atoms with Crippen LogP contribution in [0, 0.1) is 13.8 Å². The lowest BCUT2D eigenvalue weighted by molar-refractivity contribution is 0.0732. The Kier molecular flexibility index (Phi) is 4.76. The molecule has 2 heteroatoms. The third-order valence-corrected chi connectivity index (χ3v) is 3.94. The minimum absolute atomic E-state index is 0.322. The van der Waals surface area contributed by atoms with Gasteiger partial charge in [0.15, 0.2) is 0 Å². The van der Waals surface area contributed by atoms with Crippen LogP contribution in [-0.4, -0.2) is 5.97 Å². The number of hydrogen-bond acceptors (Lipinski definition) is 2. The first-order valence-corrected chi connectivity index (χ1v) is 8.05. The zero-order valence-corrected chi connectivity index (χ0v) is 14.0. The molecule has 120 valence electrons. The zero-order chi connectivity index (χ0) is 16.9. The van der Waals surface area contributed by atoms with Crippen molar-refractivity contribution in [3.63, 3.8) is 0 Å². The fourth-order valence-corrected chi connectivity index (χ4v) is 2.86. The molecule has 0 heterocycles. The highest BCUT2D eigenvalue weighted by atomic mass is 16.5. The number of carbonyl (C=O) groups excluding carboxylic acids is 1. The van der Waals surface area contributed by atoms with Crippen molar-refractivity contribution in [2.75, 3.05) is 0 Å². The quantitative estimate of drug-likeness (QED) is 0.493. The van der Waals surface area contributed by atoms with Crippen molar-refractivity contribution >= 4 is 5.97 Å². The van der Waals surface area contributed by atoms with Gasteiger partial charge in [-0.3, -0.25) is 0 Å². The number of aryl methyl sites for hydroxylation is 2. The van der Waals surface area contributed by atoms with Crippen molar-refractivity contribution in [1.82, 2.24) is 0 Å². The highest BCUT2D eigenvalue weighted by Crippen LogP contribution is 2.28. The number of rotatable bonds is 4. The van der Waals surface area contributed by atoms with E-state index in [4.69, 9.17) is 4.74 Å². The maximum absolute atomic E-state index is 12.4. The molecule has 0 radical (unpaired) electrons. The van der Waals surface area contributed by atoms with E-state index in [-0.39, 0.29) is 5.97 Å². The summed E-state index contributed by atoms with van der Waals surface area (Å²) in [5.41, 5.74) is 4.92. The minimum atomic E-state index is -0.322. The lowest BCUT2D eigenvalue weighted by Crippen LogP contribution is -2.11. The second-order valence-electron chi connectivity index (χ2n) is 5.99. The van der Waals surface area contributed by atoms with Crippen molar-refractivity contribution in [3.05, 3.63) is 101 Å². The van der Waals surface area contributed by atoms with Crippen LogP contribution in [0.1, 0.15) is 32.6 Å². The van der Waals surface area contributed by atoms with E-state index in [1.165, 1.54) is 5.56 Å². The monoisotopic (exact) mass is 316 g/mol. The smallest absolute Gasteiger partial charge is 0.343 e. The Balaban J connectivity index is 1.93. The Bertz CT molecular complexity index is 837. The predicted molar refractivity (Wildman–Crippen MR) is 96.6 cm³/mol. The second-order valence-corrected chi connectivity index (χ2v) is 5.99. The lowest BCUT2D eigenvalue weighted by Gasteiger charge is -2.14. The van der Waals surface area contributed by atoms with Crippen LogP contribution in [0.2, 0.25) is 0 Å². The Labute approximate surface area is 142 Å². The van der Waals surface area contributed by atoms with Gasteiger partial charge in [-0.15, -0.1) is 0 Å². The van der Waals surface area contributed by atoms with Crippen LogP contribution >= 0.6 is 0 Å². The molecular weight excluding hydrogens is 296 g/mol. The first-order chi connectivity index (χ1) is 11.6. The van der Waals surface area contributed by atoms with Crippen molar-refractivity contribution in [2.45, 2.75) is 20.3 Å². The van der Waals surface area contributed by atoms with E-state index < -0.39 is 0 Å². The van der Waals surface area contributed by atoms with E-state index in [1.807, 2.05) is 49.4 Å². The van der Waals surface area contributed by atoms with Gasteiger partial charge in [0.25, 0.3) is 0 Å². The Morgan fingerprint density at radius 1 is 0.875 bits per heavy atom. The van der Waals surface area contributed by atoms with Crippen LogP contribution in [0.25, 0.3) is 0 Å². The summed E-state index contributed by atoms with van der Waals surface area (Å²) in [6, 6.07) is 23.4. The Hall–Kier alpha value is -2.87. The molecule has 0 fully saturated rings. The molecule has 0 bridgehead atoms. The number of ether oxygens (including phenoxy) is 1. The van der Waals surface area contributed by atoms with Crippen LogP contribution in [0.3, 0.4) is 0 Å². The highest BCUT2D eigenvalue weighted by Gasteiger charge is 2.15. The molecule has 3 aromatic carbocycles. The lowest BCUT2D eigenvalue weighted by atomic mass is 9.99. The van der Waals surface area contributed by atoms with Gasteiger partial charge in [0.05, 0.1) is 5.56 Å². The SMILES string of the molecule is Cc1cc(C)c(OC(=O)c2ccccc2)c(Cc2ccccc2)c1. The molecule has 0 aliphatic heterocycles. The summed E-state index contributed by atoms with van der Waals surface area (Å²) in [6.45, 7) is 4.04. The standard InChI is InChI=1S/C22H20O2/c1-16-13-17(2)21(24-22(23)19-11-7-4-8-12-19)20(14-16)15-18-9-5-3-6-10-18/h3-14H,15H2,1-2H3. The average molecular weight is 316 g/mol. The van der Waals surface area contributed by atoms with Gasteiger partial charge >= 0.3 is 5.97 Å². The molecule has 0 N–H and O–H groups in total. The van der Waals surface area contributed by atoms with E-state index in [9.17, 15) is 4.79 Å². The Morgan fingerprint density at radius 3 is 2.17 bits per heavy atom. The number of benzene rings is 3. The summed E-state index contributed by atoms with van der Waals surface area (Å²) < 4.78 is 5.75. The van der Waals surface area contributed by atoms with Gasteiger partial charge in [0.1, 0.15) is 5.75 Å². The van der Waals surface area contributed by atoms with E-state index in [0.29, 0.717) is 11.3 Å². The predicted octanol–water partition coefficient (Wildman–Crippen LogP) is 5.11. The number of esters is 1. The summed E-state index contributed by atoms with van der Waals surface area (Å²) >= 11 is 0. The number of hydrogen-bond donors (Lipinski definition) is 0. The zero-order valence-electron chi connectivity index (χ0n) is 14.0. The summed E-state index contributed by atoms with van der Waals surface area (Å²) in [5.74, 6) is 0.343. The molecule has 2 nitrogen and oxygen atoms in total. The first-order valence-electron chi connectivity index (χ1n) is 8.05. The van der Waals surface area contributed by atoms with Gasteiger partial charge in [-0.05, 0) is 42.7 Å². The summed E-state index contributed by atoms with van der Waals surface area (Å²) in [6.07, 6.45) is 0.737.